The van der Waals surface area contributed by atoms with E-state index in [4.69, 9.17) is 11.6 Å². The first kappa shape index (κ1) is 15.1. The lowest BCUT2D eigenvalue weighted by Crippen LogP contribution is -2.08. The van der Waals surface area contributed by atoms with Crippen molar-refractivity contribution in [3.63, 3.8) is 0 Å². The van der Waals surface area contributed by atoms with E-state index in [1.54, 1.807) is 6.20 Å². The van der Waals surface area contributed by atoms with Crippen LogP contribution in [0.15, 0.2) is 41.6 Å². The summed E-state index contributed by atoms with van der Waals surface area (Å²) in [4.78, 5) is 9.49. The molecule has 0 amide bonds. The maximum atomic E-state index is 5.83. The van der Waals surface area contributed by atoms with Crippen molar-refractivity contribution in [3.8, 4) is 0 Å². The fourth-order valence-corrected chi connectivity index (χ4v) is 2.81. The van der Waals surface area contributed by atoms with Gasteiger partial charge in [0.25, 0.3) is 0 Å². The first-order valence-electron chi connectivity index (χ1n) is 6.55. The van der Waals surface area contributed by atoms with Gasteiger partial charge in [-0.25, -0.2) is 4.98 Å². The zero-order valence-electron chi connectivity index (χ0n) is 11.8. The smallest absolute Gasteiger partial charge is 0.149 e. The molecule has 1 atom stereocenters. The van der Waals surface area contributed by atoms with Crippen LogP contribution in [0.5, 0.6) is 0 Å². The Balaban J connectivity index is 2.03. The van der Waals surface area contributed by atoms with Crippen molar-refractivity contribution < 1.29 is 0 Å². The van der Waals surface area contributed by atoms with Gasteiger partial charge in [0.2, 0.25) is 0 Å². The number of nitrogens with one attached hydrogen (secondary N) is 1. The van der Waals surface area contributed by atoms with Gasteiger partial charge in [-0.3, -0.25) is 4.98 Å². The molecule has 106 valence electrons. The van der Waals surface area contributed by atoms with E-state index in [9.17, 15) is 0 Å². The number of rotatable bonds is 5. The number of benzene rings is 1. The summed E-state index contributed by atoms with van der Waals surface area (Å²) in [6.45, 7) is 6.48. The topological polar surface area (TPSA) is 37.8 Å². The summed E-state index contributed by atoms with van der Waals surface area (Å²) in [6.07, 6.45) is 3.20. The summed E-state index contributed by atoms with van der Waals surface area (Å²) in [5.74, 6) is 0.686. The molecule has 0 bridgehead atoms. The molecule has 1 aromatic carbocycles. The third-order valence-electron chi connectivity index (χ3n) is 2.72. The molecule has 0 saturated heterocycles. The Kier molecular flexibility index (Phi) is 5.26. The van der Waals surface area contributed by atoms with Gasteiger partial charge in [-0.05, 0) is 24.6 Å². The molecule has 0 spiro atoms. The average molecular weight is 308 g/mol. The maximum Gasteiger partial charge on any atom is 0.149 e. The van der Waals surface area contributed by atoms with Crippen molar-refractivity contribution in [3.05, 3.63) is 47.4 Å². The highest BCUT2D eigenvalue weighted by Crippen LogP contribution is 2.25. The maximum absolute atomic E-state index is 5.83. The molecule has 0 saturated carbocycles. The fraction of sp³-hybridized carbons (Fsp3) is 0.333. The lowest BCUT2D eigenvalue weighted by Gasteiger charge is -2.15. The normalized spacial score (nSPS) is 12.4. The Hall–Kier alpha value is -1.26. The largest absolute Gasteiger partial charge is 0.362 e. The Bertz CT molecular complexity index is 557. The standard InChI is InChI=1S/C15H18ClN3S/c1-10(2)20-13-6-4-12(5-7-13)11(3)18-15-9-17-8-14(16)19-15/h4-11H,1-3H3,(H,18,19). The predicted octanol–water partition coefficient (Wildman–Crippen LogP) is 4.80. The lowest BCUT2D eigenvalue weighted by molar-refractivity contribution is 0.869. The quantitative estimate of drug-likeness (QED) is 0.805. The highest BCUT2D eigenvalue weighted by atomic mass is 35.5. The number of aromatic nitrogens is 2. The molecule has 2 rings (SSSR count). The molecule has 0 radical (unpaired) electrons. The van der Waals surface area contributed by atoms with Crippen molar-refractivity contribution in [1.29, 1.82) is 0 Å². The van der Waals surface area contributed by atoms with E-state index in [1.807, 2.05) is 11.8 Å². The van der Waals surface area contributed by atoms with Gasteiger partial charge in [0.15, 0.2) is 0 Å². The van der Waals surface area contributed by atoms with Crippen LogP contribution in [0.4, 0.5) is 5.82 Å². The molecule has 0 fully saturated rings. The van der Waals surface area contributed by atoms with Crippen LogP contribution in [-0.2, 0) is 0 Å². The first-order valence-corrected chi connectivity index (χ1v) is 7.81. The van der Waals surface area contributed by atoms with E-state index in [2.05, 4.69) is 60.3 Å². The minimum absolute atomic E-state index is 0.154. The number of anilines is 1. The second kappa shape index (κ2) is 6.95. The van der Waals surface area contributed by atoms with Crippen molar-refractivity contribution >= 4 is 29.2 Å². The van der Waals surface area contributed by atoms with Gasteiger partial charge >= 0.3 is 0 Å². The van der Waals surface area contributed by atoms with Crippen LogP contribution in [0.25, 0.3) is 0 Å². The molecular weight excluding hydrogens is 290 g/mol. The summed E-state index contributed by atoms with van der Waals surface area (Å²) in [6, 6.07) is 8.74. The van der Waals surface area contributed by atoms with Gasteiger partial charge in [0.05, 0.1) is 12.4 Å². The minimum atomic E-state index is 0.154. The number of nitrogens with zero attached hydrogens (tertiary/aromatic N) is 2. The van der Waals surface area contributed by atoms with Crippen LogP contribution in [0.2, 0.25) is 5.15 Å². The number of halogens is 1. The van der Waals surface area contributed by atoms with Crippen molar-refractivity contribution in [2.75, 3.05) is 5.32 Å². The van der Waals surface area contributed by atoms with E-state index in [-0.39, 0.29) is 6.04 Å². The Morgan fingerprint density at radius 3 is 2.40 bits per heavy atom. The van der Waals surface area contributed by atoms with Gasteiger partial charge in [-0.1, -0.05) is 37.6 Å². The van der Waals surface area contributed by atoms with Crippen molar-refractivity contribution in [2.45, 2.75) is 37.0 Å². The molecule has 5 heteroatoms. The summed E-state index contributed by atoms with van der Waals surface area (Å²) in [5.41, 5.74) is 1.21. The molecule has 20 heavy (non-hydrogen) atoms. The van der Waals surface area contributed by atoms with Crippen LogP contribution in [0.1, 0.15) is 32.4 Å². The molecule has 1 unspecified atom stereocenters. The minimum Gasteiger partial charge on any atom is -0.362 e. The molecule has 1 aromatic heterocycles. The number of hydrogen-bond donors (Lipinski definition) is 1. The van der Waals surface area contributed by atoms with Crippen LogP contribution in [0.3, 0.4) is 0 Å². The number of thioether (sulfide) groups is 1. The van der Waals surface area contributed by atoms with Gasteiger partial charge in [0, 0.05) is 16.2 Å². The molecule has 1 N–H and O–H groups in total. The van der Waals surface area contributed by atoms with Crippen LogP contribution < -0.4 is 5.32 Å². The Labute approximate surface area is 129 Å². The monoisotopic (exact) mass is 307 g/mol. The molecule has 1 heterocycles. The van der Waals surface area contributed by atoms with Gasteiger partial charge in [-0.15, -0.1) is 11.8 Å². The average Bonchev–Trinajstić information content (AvgIpc) is 2.38. The fourth-order valence-electron chi connectivity index (χ4n) is 1.82. The second-order valence-electron chi connectivity index (χ2n) is 4.83. The van der Waals surface area contributed by atoms with E-state index in [0.717, 1.165) is 0 Å². The van der Waals surface area contributed by atoms with E-state index in [1.165, 1.54) is 16.7 Å². The zero-order chi connectivity index (χ0) is 14.5. The third kappa shape index (κ3) is 4.39. The van der Waals surface area contributed by atoms with Gasteiger partial charge in [-0.2, -0.15) is 0 Å². The SMILES string of the molecule is CC(C)Sc1ccc(C(C)Nc2cncc(Cl)n2)cc1. The highest BCUT2D eigenvalue weighted by molar-refractivity contribution is 7.99. The molecule has 0 aliphatic rings. The van der Waals surface area contributed by atoms with Crippen molar-refractivity contribution in [1.82, 2.24) is 9.97 Å². The molecule has 0 aliphatic heterocycles. The van der Waals surface area contributed by atoms with Crippen LogP contribution in [-0.4, -0.2) is 15.2 Å². The third-order valence-corrected chi connectivity index (χ3v) is 3.92. The molecular formula is C15H18ClN3S. The highest BCUT2D eigenvalue weighted by Gasteiger charge is 2.07. The summed E-state index contributed by atoms with van der Waals surface area (Å²) < 4.78 is 0. The zero-order valence-corrected chi connectivity index (χ0v) is 13.4. The Morgan fingerprint density at radius 2 is 1.80 bits per heavy atom. The molecule has 2 aromatic rings. The predicted molar refractivity (Wildman–Crippen MR) is 86.5 cm³/mol. The first-order chi connectivity index (χ1) is 9.54. The van der Waals surface area contributed by atoms with Gasteiger partial charge in [0.1, 0.15) is 11.0 Å². The van der Waals surface area contributed by atoms with E-state index >= 15 is 0 Å². The van der Waals surface area contributed by atoms with Crippen molar-refractivity contribution in [2.24, 2.45) is 0 Å². The summed E-state index contributed by atoms with van der Waals surface area (Å²) in [5, 5.41) is 4.28. The Morgan fingerprint density at radius 1 is 1.10 bits per heavy atom. The number of hydrogen-bond acceptors (Lipinski definition) is 4. The summed E-state index contributed by atoms with van der Waals surface area (Å²) >= 11 is 7.69. The second-order valence-corrected chi connectivity index (χ2v) is 6.87. The van der Waals surface area contributed by atoms with E-state index < -0.39 is 0 Å². The summed E-state index contributed by atoms with van der Waals surface area (Å²) in [7, 11) is 0. The lowest BCUT2D eigenvalue weighted by atomic mass is 10.1. The van der Waals surface area contributed by atoms with Crippen LogP contribution in [0, 0.1) is 0 Å². The molecule has 3 nitrogen and oxygen atoms in total. The molecule has 0 aliphatic carbocycles. The van der Waals surface area contributed by atoms with Gasteiger partial charge < -0.3 is 5.32 Å². The van der Waals surface area contributed by atoms with E-state index in [0.29, 0.717) is 16.2 Å². The van der Waals surface area contributed by atoms with Crippen LogP contribution >= 0.6 is 23.4 Å².